The molecule has 6 nitrogen and oxygen atoms in total. The van der Waals surface area contributed by atoms with Crippen LogP contribution in [0.3, 0.4) is 0 Å². The van der Waals surface area contributed by atoms with Gasteiger partial charge in [0.05, 0.1) is 16.2 Å². The quantitative estimate of drug-likeness (QED) is 0.129. The summed E-state index contributed by atoms with van der Waals surface area (Å²) < 4.78 is 27.9. The van der Waals surface area contributed by atoms with E-state index in [0.29, 0.717) is 22.4 Å². The molecule has 0 amide bonds. The third-order valence-corrected chi connectivity index (χ3v) is 7.01. The van der Waals surface area contributed by atoms with Crippen LogP contribution < -0.4 is 0 Å². The van der Waals surface area contributed by atoms with Crippen molar-refractivity contribution in [3.63, 3.8) is 0 Å². The fraction of sp³-hybridized carbons (Fsp3) is 0. The van der Waals surface area contributed by atoms with E-state index in [9.17, 15) is 29.0 Å². The summed E-state index contributed by atoms with van der Waals surface area (Å²) in [4.78, 5) is 27.4. The molecule has 0 N–H and O–H groups in total. The topological polar surface area (TPSA) is 96.9 Å². The number of pyridine rings is 1. The molecule has 5 aromatic rings. The van der Waals surface area contributed by atoms with Crippen molar-refractivity contribution >= 4 is 34.5 Å². The zero-order chi connectivity index (χ0) is 26.8. The van der Waals surface area contributed by atoms with Crippen LogP contribution in [0.4, 0.5) is 14.5 Å². The standard InChI is InChI=1S/C29H15F2N3O3S/c30-25-10-8-18(13-26(25)31)23-14-27(22-7-3-5-17-4-1-2-6-21(17)22)33-29(24(23)15-32)38-28-11-9-20(34(36)37)12-19(28)16-35/h1-14,16H. The predicted molar refractivity (Wildman–Crippen MR) is 140 cm³/mol. The molecule has 1 heterocycles. The monoisotopic (exact) mass is 523 g/mol. The van der Waals surface area contributed by atoms with Crippen molar-refractivity contribution in [2.24, 2.45) is 0 Å². The van der Waals surface area contributed by atoms with Gasteiger partial charge in [0, 0.05) is 33.7 Å². The zero-order valence-electron chi connectivity index (χ0n) is 19.4. The second-order valence-electron chi connectivity index (χ2n) is 8.20. The molecule has 4 aromatic carbocycles. The van der Waals surface area contributed by atoms with Crippen LogP contribution in [0.2, 0.25) is 0 Å². The van der Waals surface area contributed by atoms with Crippen molar-refractivity contribution in [1.82, 2.24) is 4.98 Å². The molecule has 0 aliphatic rings. The Balaban J connectivity index is 1.77. The smallest absolute Gasteiger partial charge is 0.270 e. The Bertz CT molecular complexity index is 1800. The lowest BCUT2D eigenvalue weighted by Crippen LogP contribution is -1.98. The number of aromatic nitrogens is 1. The van der Waals surface area contributed by atoms with Crippen molar-refractivity contribution in [3.05, 3.63) is 118 Å². The maximum Gasteiger partial charge on any atom is 0.270 e. The molecule has 184 valence electrons. The summed E-state index contributed by atoms with van der Waals surface area (Å²) in [6.45, 7) is 0. The van der Waals surface area contributed by atoms with Crippen molar-refractivity contribution < 1.29 is 18.5 Å². The number of nitro groups is 1. The van der Waals surface area contributed by atoms with E-state index in [-0.39, 0.29) is 27.4 Å². The number of hydrogen-bond acceptors (Lipinski definition) is 6. The summed E-state index contributed by atoms with van der Waals surface area (Å²) in [5, 5.41) is 23.3. The Morgan fingerprint density at radius 3 is 2.45 bits per heavy atom. The second-order valence-corrected chi connectivity index (χ2v) is 9.23. The lowest BCUT2D eigenvalue weighted by molar-refractivity contribution is -0.384. The van der Waals surface area contributed by atoms with Crippen LogP contribution in [-0.4, -0.2) is 16.2 Å². The lowest BCUT2D eigenvalue weighted by atomic mass is 9.96. The molecule has 0 fully saturated rings. The number of fused-ring (bicyclic) bond motifs is 1. The minimum Gasteiger partial charge on any atom is -0.298 e. The van der Waals surface area contributed by atoms with Gasteiger partial charge in [-0.05, 0) is 40.6 Å². The first-order valence-corrected chi connectivity index (χ1v) is 12.0. The highest BCUT2D eigenvalue weighted by molar-refractivity contribution is 7.99. The number of nitro benzene ring substituents is 1. The molecule has 0 aliphatic carbocycles. The van der Waals surface area contributed by atoms with Crippen molar-refractivity contribution in [2.75, 3.05) is 0 Å². The number of aldehydes is 1. The van der Waals surface area contributed by atoms with Gasteiger partial charge in [0.1, 0.15) is 11.1 Å². The number of halogens is 2. The Labute approximate surface area is 219 Å². The second kappa shape index (κ2) is 10.2. The molecule has 0 saturated carbocycles. The van der Waals surface area contributed by atoms with Crippen LogP contribution in [-0.2, 0) is 0 Å². The number of nitrogens with zero attached hydrogens (tertiary/aromatic N) is 3. The van der Waals surface area contributed by atoms with E-state index < -0.39 is 16.6 Å². The highest BCUT2D eigenvalue weighted by Gasteiger charge is 2.20. The van der Waals surface area contributed by atoms with Gasteiger partial charge in [-0.2, -0.15) is 5.26 Å². The molecule has 38 heavy (non-hydrogen) atoms. The Kier molecular flexibility index (Phi) is 6.64. The summed E-state index contributed by atoms with van der Waals surface area (Å²) in [5.41, 5.74) is 1.69. The molecule has 1 aromatic heterocycles. The molecule has 0 bridgehead atoms. The average molecular weight is 524 g/mol. The Hall–Kier alpha value is -4.94. The number of rotatable bonds is 6. The van der Waals surface area contributed by atoms with E-state index in [1.54, 1.807) is 6.07 Å². The number of carbonyl (C=O) groups is 1. The number of non-ortho nitro benzene ring substituents is 1. The molecule has 5 rings (SSSR count). The van der Waals surface area contributed by atoms with Crippen LogP contribution in [0.15, 0.2) is 94.9 Å². The fourth-order valence-corrected chi connectivity index (χ4v) is 5.09. The Morgan fingerprint density at radius 1 is 0.921 bits per heavy atom. The van der Waals surface area contributed by atoms with Crippen LogP contribution in [0.1, 0.15) is 15.9 Å². The first kappa shape index (κ1) is 24.7. The van der Waals surface area contributed by atoms with Crippen LogP contribution in [0.25, 0.3) is 33.2 Å². The van der Waals surface area contributed by atoms with Crippen molar-refractivity contribution in [2.45, 2.75) is 9.92 Å². The predicted octanol–water partition coefficient (Wildman–Crippen LogP) is 7.59. The number of nitriles is 1. The molecular formula is C29H15F2N3O3S. The van der Waals surface area contributed by atoms with Crippen LogP contribution >= 0.6 is 11.8 Å². The highest BCUT2D eigenvalue weighted by atomic mass is 32.2. The maximum atomic E-state index is 14.2. The molecule has 0 radical (unpaired) electrons. The molecule has 0 unspecified atom stereocenters. The van der Waals surface area contributed by atoms with E-state index in [2.05, 4.69) is 6.07 Å². The fourth-order valence-electron chi connectivity index (χ4n) is 4.12. The highest BCUT2D eigenvalue weighted by Crippen LogP contribution is 2.40. The van der Waals surface area contributed by atoms with Gasteiger partial charge in [-0.15, -0.1) is 0 Å². The third kappa shape index (κ3) is 4.61. The number of benzene rings is 4. The molecule has 0 atom stereocenters. The lowest BCUT2D eigenvalue weighted by Gasteiger charge is -2.14. The minimum atomic E-state index is -1.07. The van der Waals surface area contributed by atoms with Gasteiger partial charge < -0.3 is 0 Å². The first-order chi connectivity index (χ1) is 18.4. The van der Waals surface area contributed by atoms with Crippen LogP contribution in [0, 0.1) is 33.1 Å². The van der Waals surface area contributed by atoms with Gasteiger partial charge in [-0.3, -0.25) is 14.9 Å². The van der Waals surface area contributed by atoms with Gasteiger partial charge in [0.2, 0.25) is 0 Å². The van der Waals surface area contributed by atoms with Crippen molar-refractivity contribution in [1.29, 1.82) is 5.26 Å². The van der Waals surface area contributed by atoms with Gasteiger partial charge in [-0.25, -0.2) is 13.8 Å². The maximum absolute atomic E-state index is 14.2. The van der Waals surface area contributed by atoms with Gasteiger partial charge in [-0.1, -0.05) is 60.3 Å². The normalized spacial score (nSPS) is 10.8. The number of hydrogen-bond donors (Lipinski definition) is 0. The van der Waals surface area contributed by atoms with E-state index in [0.717, 1.165) is 46.3 Å². The first-order valence-electron chi connectivity index (χ1n) is 11.2. The molecular weight excluding hydrogens is 508 g/mol. The molecule has 9 heteroatoms. The Morgan fingerprint density at radius 2 is 1.71 bits per heavy atom. The molecule has 0 spiro atoms. The summed E-state index contributed by atoms with van der Waals surface area (Å²) in [6, 6.07) is 24.3. The molecule has 0 saturated heterocycles. The molecule has 0 aliphatic heterocycles. The van der Waals surface area contributed by atoms with E-state index in [1.807, 2.05) is 42.5 Å². The van der Waals surface area contributed by atoms with Gasteiger partial charge >= 0.3 is 0 Å². The summed E-state index contributed by atoms with van der Waals surface area (Å²) in [5.74, 6) is -2.09. The average Bonchev–Trinajstić information content (AvgIpc) is 2.93. The van der Waals surface area contributed by atoms with Gasteiger partial charge in [0.15, 0.2) is 17.9 Å². The summed E-state index contributed by atoms with van der Waals surface area (Å²) in [6.07, 6.45) is 0.492. The third-order valence-electron chi connectivity index (χ3n) is 5.93. The van der Waals surface area contributed by atoms with E-state index in [1.165, 1.54) is 18.2 Å². The number of carbonyl (C=O) groups excluding carboxylic acids is 1. The largest absolute Gasteiger partial charge is 0.298 e. The van der Waals surface area contributed by atoms with Gasteiger partial charge in [0.25, 0.3) is 5.69 Å². The van der Waals surface area contributed by atoms with Crippen molar-refractivity contribution in [3.8, 4) is 28.5 Å². The van der Waals surface area contributed by atoms with E-state index in [4.69, 9.17) is 4.98 Å². The van der Waals surface area contributed by atoms with Crippen LogP contribution in [0.5, 0.6) is 0 Å². The van der Waals surface area contributed by atoms with E-state index >= 15 is 0 Å². The summed E-state index contributed by atoms with van der Waals surface area (Å²) >= 11 is 0.986. The SMILES string of the molecule is N#Cc1c(-c2ccc(F)c(F)c2)cc(-c2cccc3ccccc23)nc1Sc1ccc([N+](=O)[O-])cc1C=O. The minimum absolute atomic E-state index is 0.0554. The zero-order valence-corrected chi connectivity index (χ0v) is 20.2. The summed E-state index contributed by atoms with van der Waals surface area (Å²) in [7, 11) is 0.